The van der Waals surface area contributed by atoms with Gasteiger partial charge in [0.25, 0.3) is 0 Å². The molecule has 1 saturated heterocycles. The van der Waals surface area contributed by atoms with Gasteiger partial charge in [-0.15, -0.1) is 0 Å². The smallest absolute Gasteiger partial charge is 0.305 e. The van der Waals surface area contributed by atoms with E-state index in [-0.39, 0.29) is 11.4 Å². The van der Waals surface area contributed by atoms with Crippen molar-refractivity contribution < 1.29 is 14.3 Å². The summed E-state index contributed by atoms with van der Waals surface area (Å²) in [6.45, 7) is 1.32. The summed E-state index contributed by atoms with van der Waals surface area (Å²) >= 11 is 5.87. The van der Waals surface area contributed by atoms with Gasteiger partial charge in [-0.05, 0) is 24.1 Å². The quantitative estimate of drug-likeness (QED) is 0.775. The molecule has 0 aliphatic carbocycles. The Morgan fingerprint density at radius 2 is 2.06 bits per heavy atom. The maximum atomic E-state index is 11.2. The summed E-state index contributed by atoms with van der Waals surface area (Å²) in [4.78, 5) is 11.2. The fourth-order valence-electron chi connectivity index (χ4n) is 2.05. The van der Waals surface area contributed by atoms with Gasteiger partial charge in [-0.3, -0.25) is 4.79 Å². The first-order chi connectivity index (χ1) is 8.16. The van der Waals surface area contributed by atoms with Crippen LogP contribution in [0.5, 0.6) is 0 Å². The minimum absolute atomic E-state index is 0.0429. The van der Waals surface area contributed by atoms with E-state index in [1.807, 2.05) is 24.3 Å². The molecule has 0 amide bonds. The molecule has 1 aromatic carbocycles. The summed E-state index contributed by atoms with van der Waals surface area (Å²) in [5, 5.41) is 0.720. The Hall–Kier alpha value is -1.06. The van der Waals surface area contributed by atoms with Gasteiger partial charge in [0.2, 0.25) is 0 Å². The Balaban J connectivity index is 2.08. The topological polar surface area (TPSA) is 35.5 Å². The van der Waals surface area contributed by atoms with Gasteiger partial charge in [0.05, 0.1) is 20.3 Å². The molecule has 0 bridgehead atoms. The van der Waals surface area contributed by atoms with Gasteiger partial charge in [0, 0.05) is 16.9 Å². The molecule has 0 aromatic heterocycles. The van der Waals surface area contributed by atoms with Gasteiger partial charge in [0.15, 0.2) is 0 Å². The Kier molecular flexibility index (Phi) is 3.69. The molecule has 0 unspecified atom stereocenters. The highest BCUT2D eigenvalue weighted by molar-refractivity contribution is 6.30. The monoisotopic (exact) mass is 254 g/mol. The number of methoxy groups -OCH3 is 1. The zero-order valence-electron chi connectivity index (χ0n) is 9.74. The van der Waals surface area contributed by atoms with E-state index < -0.39 is 0 Å². The van der Waals surface area contributed by atoms with E-state index in [1.165, 1.54) is 12.7 Å². The first-order valence-electron chi connectivity index (χ1n) is 5.57. The number of carbonyl (C=O) groups is 1. The number of carbonyl (C=O) groups excluding carboxylic acids is 1. The summed E-state index contributed by atoms with van der Waals surface area (Å²) in [6, 6.07) is 7.74. The first-order valence-corrected chi connectivity index (χ1v) is 5.95. The predicted octanol–water partition coefficient (Wildman–Crippen LogP) is 2.56. The van der Waals surface area contributed by atoms with Crippen molar-refractivity contribution in [3.05, 3.63) is 34.9 Å². The summed E-state index contributed by atoms with van der Waals surface area (Å²) in [7, 11) is 1.41. The van der Waals surface area contributed by atoms with Gasteiger partial charge < -0.3 is 9.47 Å². The van der Waals surface area contributed by atoms with Gasteiger partial charge in [-0.25, -0.2) is 0 Å². The van der Waals surface area contributed by atoms with Gasteiger partial charge in [-0.2, -0.15) is 0 Å². The number of halogens is 1. The zero-order chi connectivity index (χ0) is 12.3. The Labute approximate surface area is 106 Å². The van der Waals surface area contributed by atoms with Crippen molar-refractivity contribution in [2.75, 3.05) is 20.3 Å². The van der Waals surface area contributed by atoms with Gasteiger partial charge in [0.1, 0.15) is 0 Å². The number of rotatable bonds is 4. The molecule has 0 N–H and O–H groups in total. The fraction of sp³-hybridized carbons (Fsp3) is 0.462. The van der Waals surface area contributed by atoms with Crippen LogP contribution in [0, 0.1) is 0 Å². The highest BCUT2D eigenvalue weighted by Gasteiger charge is 2.40. The second kappa shape index (κ2) is 5.07. The van der Waals surface area contributed by atoms with E-state index in [0.29, 0.717) is 19.6 Å². The van der Waals surface area contributed by atoms with E-state index in [4.69, 9.17) is 16.3 Å². The fourth-order valence-corrected chi connectivity index (χ4v) is 2.18. The average Bonchev–Trinajstić information content (AvgIpc) is 2.29. The number of hydrogen-bond acceptors (Lipinski definition) is 3. The molecular weight excluding hydrogens is 240 g/mol. The standard InChI is InChI=1S/C13H15ClO3/c1-16-12(15)6-7-13(8-17-9-13)10-2-4-11(14)5-3-10/h2-5H,6-9H2,1H3. The first kappa shape index (κ1) is 12.4. The molecule has 1 aliphatic rings. The Bertz CT molecular complexity index is 396. The molecule has 1 heterocycles. The van der Waals surface area contributed by atoms with Crippen molar-refractivity contribution in [3.8, 4) is 0 Å². The van der Waals surface area contributed by atoms with Crippen LogP contribution in [0.4, 0.5) is 0 Å². The average molecular weight is 255 g/mol. The molecule has 1 fully saturated rings. The van der Waals surface area contributed by atoms with Crippen LogP contribution in [0.2, 0.25) is 5.02 Å². The highest BCUT2D eigenvalue weighted by atomic mass is 35.5. The minimum Gasteiger partial charge on any atom is -0.469 e. The lowest BCUT2D eigenvalue weighted by Crippen LogP contribution is -2.47. The second-order valence-corrected chi connectivity index (χ2v) is 4.79. The maximum Gasteiger partial charge on any atom is 0.305 e. The van der Waals surface area contributed by atoms with Crippen LogP contribution >= 0.6 is 11.6 Å². The lowest BCUT2D eigenvalue weighted by molar-refractivity contribution is -0.142. The zero-order valence-corrected chi connectivity index (χ0v) is 10.5. The molecule has 1 aliphatic heterocycles. The summed E-state index contributed by atoms with van der Waals surface area (Å²) < 4.78 is 9.97. The lowest BCUT2D eigenvalue weighted by atomic mass is 9.75. The Morgan fingerprint density at radius 1 is 1.41 bits per heavy atom. The number of benzene rings is 1. The minimum atomic E-state index is -0.176. The van der Waals surface area contributed by atoms with E-state index >= 15 is 0 Å². The summed E-state index contributed by atoms with van der Waals surface area (Å²) in [5.74, 6) is -0.176. The maximum absolute atomic E-state index is 11.2. The van der Waals surface area contributed by atoms with Crippen molar-refractivity contribution in [1.29, 1.82) is 0 Å². The molecule has 17 heavy (non-hydrogen) atoms. The number of esters is 1. The van der Waals surface area contributed by atoms with Gasteiger partial charge in [-0.1, -0.05) is 23.7 Å². The molecule has 0 atom stereocenters. The largest absolute Gasteiger partial charge is 0.469 e. The molecule has 4 heteroatoms. The van der Waals surface area contributed by atoms with Crippen molar-refractivity contribution in [2.24, 2.45) is 0 Å². The molecule has 0 spiro atoms. The molecule has 92 valence electrons. The van der Waals surface area contributed by atoms with Crippen LogP contribution in [0.1, 0.15) is 18.4 Å². The predicted molar refractivity (Wildman–Crippen MR) is 65.2 cm³/mol. The normalized spacial score (nSPS) is 17.3. The third kappa shape index (κ3) is 2.61. The van der Waals surface area contributed by atoms with Crippen LogP contribution < -0.4 is 0 Å². The van der Waals surface area contributed by atoms with Crippen molar-refractivity contribution >= 4 is 17.6 Å². The molecule has 0 saturated carbocycles. The SMILES string of the molecule is COC(=O)CCC1(c2ccc(Cl)cc2)COC1. The van der Waals surface area contributed by atoms with E-state index in [2.05, 4.69) is 4.74 Å². The van der Waals surface area contributed by atoms with E-state index in [1.54, 1.807) is 0 Å². The molecule has 0 radical (unpaired) electrons. The van der Waals surface area contributed by atoms with Crippen molar-refractivity contribution in [1.82, 2.24) is 0 Å². The Morgan fingerprint density at radius 3 is 2.53 bits per heavy atom. The van der Waals surface area contributed by atoms with Crippen LogP contribution in [-0.2, 0) is 19.7 Å². The number of ether oxygens (including phenoxy) is 2. The van der Waals surface area contributed by atoms with E-state index in [9.17, 15) is 4.79 Å². The summed E-state index contributed by atoms with van der Waals surface area (Å²) in [5.41, 5.74) is 1.13. The summed E-state index contributed by atoms with van der Waals surface area (Å²) in [6.07, 6.45) is 1.17. The lowest BCUT2D eigenvalue weighted by Gasteiger charge is -2.42. The molecule has 1 aromatic rings. The third-order valence-corrected chi connectivity index (χ3v) is 3.50. The molecule has 3 nitrogen and oxygen atoms in total. The van der Waals surface area contributed by atoms with Crippen LogP contribution in [0.25, 0.3) is 0 Å². The van der Waals surface area contributed by atoms with Crippen LogP contribution in [0.3, 0.4) is 0 Å². The second-order valence-electron chi connectivity index (χ2n) is 4.36. The van der Waals surface area contributed by atoms with Crippen molar-refractivity contribution in [3.63, 3.8) is 0 Å². The molecule has 2 rings (SSSR count). The number of hydrogen-bond donors (Lipinski definition) is 0. The van der Waals surface area contributed by atoms with E-state index in [0.717, 1.165) is 11.4 Å². The third-order valence-electron chi connectivity index (χ3n) is 3.25. The van der Waals surface area contributed by atoms with Crippen LogP contribution in [0.15, 0.2) is 24.3 Å². The van der Waals surface area contributed by atoms with Gasteiger partial charge >= 0.3 is 5.97 Å². The molecular formula is C13H15ClO3. The van der Waals surface area contributed by atoms with Crippen LogP contribution in [-0.4, -0.2) is 26.3 Å². The van der Waals surface area contributed by atoms with Crippen molar-refractivity contribution in [2.45, 2.75) is 18.3 Å². The highest BCUT2D eigenvalue weighted by Crippen LogP contribution is 2.37.